The van der Waals surface area contributed by atoms with Crippen LogP contribution in [0.15, 0.2) is 53.5 Å². The molecule has 0 spiro atoms. The first-order valence-electron chi connectivity index (χ1n) is 7.46. The Bertz CT molecular complexity index is 722. The summed E-state index contributed by atoms with van der Waals surface area (Å²) in [6, 6.07) is 15.8. The average Bonchev–Trinajstić information content (AvgIpc) is 2.95. The number of amides is 1. The summed E-state index contributed by atoms with van der Waals surface area (Å²) >= 11 is 0. The fourth-order valence-electron chi connectivity index (χ4n) is 2.57. The fraction of sp³-hybridized carbons (Fsp3) is 0.222. The van der Waals surface area contributed by atoms with Gasteiger partial charge in [0.25, 0.3) is 5.91 Å². The standard InChI is InChI=1S/C18H19N3O/c1-13-6-2-4-8-15(13)18(22)20-11-10-19-17-16-9-5-3-7-14(16)12-21-17/h2-9H,10-12H2,1H3,(H,19,21)(H,20,22). The van der Waals surface area contributed by atoms with Gasteiger partial charge in [-0.2, -0.15) is 0 Å². The zero-order valence-corrected chi connectivity index (χ0v) is 12.6. The van der Waals surface area contributed by atoms with Crippen molar-refractivity contribution in [3.8, 4) is 0 Å². The highest BCUT2D eigenvalue weighted by Gasteiger charge is 2.14. The lowest BCUT2D eigenvalue weighted by atomic mass is 10.1. The number of hydrogen-bond donors (Lipinski definition) is 2. The monoisotopic (exact) mass is 293 g/mol. The van der Waals surface area contributed by atoms with Gasteiger partial charge < -0.3 is 10.6 Å². The van der Waals surface area contributed by atoms with Gasteiger partial charge in [0, 0.05) is 24.2 Å². The van der Waals surface area contributed by atoms with Gasteiger partial charge in [-0.05, 0) is 24.1 Å². The summed E-state index contributed by atoms with van der Waals surface area (Å²) in [7, 11) is 0. The van der Waals surface area contributed by atoms with Gasteiger partial charge in [0.1, 0.15) is 5.84 Å². The number of carbonyl (C=O) groups is 1. The molecule has 4 nitrogen and oxygen atoms in total. The van der Waals surface area contributed by atoms with E-state index in [1.807, 2.05) is 43.3 Å². The van der Waals surface area contributed by atoms with E-state index in [2.05, 4.69) is 27.8 Å². The van der Waals surface area contributed by atoms with Crippen LogP contribution in [-0.2, 0) is 6.54 Å². The van der Waals surface area contributed by atoms with Gasteiger partial charge in [0.2, 0.25) is 0 Å². The molecule has 1 heterocycles. The molecule has 0 unspecified atom stereocenters. The van der Waals surface area contributed by atoms with Crippen molar-refractivity contribution in [2.24, 2.45) is 4.99 Å². The van der Waals surface area contributed by atoms with E-state index in [0.717, 1.165) is 29.1 Å². The molecule has 0 saturated carbocycles. The molecule has 0 fully saturated rings. The average molecular weight is 293 g/mol. The Kier molecular flexibility index (Phi) is 4.19. The van der Waals surface area contributed by atoms with Crippen LogP contribution in [0.3, 0.4) is 0 Å². The van der Waals surface area contributed by atoms with E-state index >= 15 is 0 Å². The van der Waals surface area contributed by atoms with E-state index in [-0.39, 0.29) is 5.91 Å². The summed E-state index contributed by atoms with van der Waals surface area (Å²) in [6.07, 6.45) is 0. The lowest BCUT2D eigenvalue weighted by Crippen LogP contribution is -2.34. The topological polar surface area (TPSA) is 53.5 Å². The largest absolute Gasteiger partial charge is 0.368 e. The SMILES string of the molecule is Cc1ccccc1C(=O)NCCNC1=NCc2ccccc21. The van der Waals surface area contributed by atoms with E-state index in [0.29, 0.717) is 13.1 Å². The summed E-state index contributed by atoms with van der Waals surface area (Å²) in [4.78, 5) is 16.6. The molecule has 112 valence electrons. The Labute approximate surface area is 130 Å². The van der Waals surface area contributed by atoms with Gasteiger partial charge in [-0.3, -0.25) is 9.79 Å². The minimum atomic E-state index is -0.0336. The Balaban J connectivity index is 1.49. The number of rotatable bonds is 4. The third-order valence-corrected chi connectivity index (χ3v) is 3.77. The predicted octanol–water partition coefficient (Wildman–Crippen LogP) is 2.27. The molecule has 1 aliphatic heterocycles. The molecule has 0 saturated heterocycles. The van der Waals surface area contributed by atoms with Gasteiger partial charge in [-0.25, -0.2) is 0 Å². The second kappa shape index (κ2) is 6.43. The molecule has 2 aromatic rings. The number of carbonyl (C=O) groups excluding carboxylic acids is 1. The molecule has 1 amide bonds. The Morgan fingerprint density at radius 1 is 1.09 bits per heavy atom. The lowest BCUT2D eigenvalue weighted by molar-refractivity contribution is 0.0953. The Morgan fingerprint density at radius 3 is 2.73 bits per heavy atom. The second-order valence-electron chi connectivity index (χ2n) is 5.32. The number of aryl methyl sites for hydroxylation is 1. The molecule has 0 bridgehead atoms. The molecule has 0 radical (unpaired) electrons. The molecule has 3 rings (SSSR count). The fourth-order valence-corrected chi connectivity index (χ4v) is 2.57. The molecule has 0 atom stereocenters. The number of aliphatic imine (C=N–C) groups is 1. The van der Waals surface area contributed by atoms with E-state index in [9.17, 15) is 4.79 Å². The highest BCUT2D eigenvalue weighted by Crippen LogP contribution is 2.16. The molecule has 0 aromatic heterocycles. The molecular formula is C18H19N3O. The third-order valence-electron chi connectivity index (χ3n) is 3.77. The smallest absolute Gasteiger partial charge is 0.251 e. The predicted molar refractivity (Wildman–Crippen MR) is 88.2 cm³/mol. The number of nitrogens with one attached hydrogen (secondary N) is 2. The van der Waals surface area contributed by atoms with Crippen molar-refractivity contribution in [1.29, 1.82) is 0 Å². The maximum Gasteiger partial charge on any atom is 0.251 e. The van der Waals surface area contributed by atoms with Crippen LogP contribution in [0.5, 0.6) is 0 Å². The number of nitrogens with zero attached hydrogens (tertiary/aromatic N) is 1. The normalized spacial score (nSPS) is 12.5. The quantitative estimate of drug-likeness (QED) is 0.850. The summed E-state index contributed by atoms with van der Waals surface area (Å²) in [5.41, 5.74) is 4.12. The number of amidine groups is 1. The zero-order valence-electron chi connectivity index (χ0n) is 12.6. The number of benzene rings is 2. The van der Waals surface area contributed by atoms with Crippen LogP contribution < -0.4 is 10.6 Å². The van der Waals surface area contributed by atoms with Crippen molar-refractivity contribution in [2.45, 2.75) is 13.5 Å². The van der Waals surface area contributed by atoms with Crippen LogP contribution in [0, 0.1) is 6.92 Å². The molecule has 2 aromatic carbocycles. The van der Waals surface area contributed by atoms with E-state index in [1.165, 1.54) is 5.56 Å². The summed E-state index contributed by atoms with van der Waals surface area (Å²) in [6.45, 7) is 3.89. The lowest BCUT2D eigenvalue weighted by Gasteiger charge is -2.10. The molecular weight excluding hydrogens is 274 g/mol. The van der Waals surface area contributed by atoms with Crippen molar-refractivity contribution < 1.29 is 4.79 Å². The number of hydrogen-bond acceptors (Lipinski definition) is 3. The second-order valence-corrected chi connectivity index (χ2v) is 5.32. The van der Waals surface area contributed by atoms with Crippen LogP contribution >= 0.6 is 0 Å². The molecule has 1 aliphatic rings. The highest BCUT2D eigenvalue weighted by atomic mass is 16.1. The van der Waals surface area contributed by atoms with Crippen molar-refractivity contribution >= 4 is 11.7 Å². The van der Waals surface area contributed by atoms with Crippen molar-refractivity contribution in [3.63, 3.8) is 0 Å². The molecule has 22 heavy (non-hydrogen) atoms. The van der Waals surface area contributed by atoms with Gasteiger partial charge in [0.15, 0.2) is 0 Å². The first-order valence-corrected chi connectivity index (χ1v) is 7.46. The van der Waals surface area contributed by atoms with Gasteiger partial charge in [0.05, 0.1) is 6.54 Å². The van der Waals surface area contributed by atoms with E-state index in [4.69, 9.17) is 0 Å². The van der Waals surface area contributed by atoms with Crippen molar-refractivity contribution in [1.82, 2.24) is 10.6 Å². The minimum absolute atomic E-state index is 0.0336. The molecule has 0 aliphatic carbocycles. The highest BCUT2D eigenvalue weighted by molar-refractivity contribution is 6.02. The summed E-state index contributed by atoms with van der Waals surface area (Å²) in [5, 5.41) is 6.23. The van der Waals surface area contributed by atoms with Crippen LogP contribution in [0.25, 0.3) is 0 Å². The Morgan fingerprint density at radius 2 is 1.86 bits per heavy atom. The van der Waals surface area contributed by atoms with Crippen molar-refractivity contribution in [2.75, 3.05) is 13.1 Å². The minimum Gasteiger partial charge on any atom is -0.368 e. The molecule has 2 N–H and O–H groups in total. The Hall–Kier alpha value is -2.62. The van der Waals surface area contributed by atoms with Crippen LogP contribution in [0.4, 0.5) is 0 Å². The van der Waals surface area contributed by atoms with Crippen molar-refractivity contribution in [3.05, 3.63) is 70.8 Å². The summed E-state index contributed by atoms with van der Waals surface area (Å²) in [5.74, 6) is 0.884. The van der Waals surface area contributed by atoms with Gasteiger partial charge in [-0.15, -0.1) is 0 Å². The number of fused-ring (bicyclic) bond motifs is 1. The van der Waals surface area contributed by atoms with Gasteiger partial charge >= 0.3 is 0 Å². The van der Waals surface area contributed by atoms with Gasteiger partial charge in [-0.1, -0.05) is 42.5 Å². The molecule has 4 heteroatoms. The van der Waals surface area contributed by atoms with Crippen LogP contribution in [0.1, 0.15) is 27.0 Å². The zero-order chi connectivity index (χ0) is 15.4. The van der Waals surface area contributed by atoms with Crippen LogP contribution in [-0.4, -0.2) is 24.8 Å². The maximum atomic E-state index is 12.1. The van der Waals surface area contributed by atoms with E-state index in [1.54, 1.807) is 0 Å². The maximum absolute atomic E-state index is 12.1. The third kappa shape index (κ3) is 3.01. The van der Waals surface area contributed by atoms with E-state index < -0.39 is 0 Å². The first-order chi connectivity index (χ1) is 10.8. The van der Waals surface area contributed by atoms with Crippen LogP contribution in [0.2, 0.25) is 0 Å². The summed E-state index contributed by atoms with van der Waals surface area (Å²) < 4.78 is 0. The first kappa shape index (κ1) is 14.3.